The van der Waals surface area contributed by atoms with Crippen LogP contribution >= 0.6 is 0 Å². The zero-order chi connectivity index (χ0) is 26.5. The molecule has 0 N–H and O–H groups in total. The van der Waals surface area contributed by atoms with Crippen molar-refractivity contribution in [2.75, 3.05) is 21.3 Å². The average molecular weight is 499 g/mol. The summed E-state index contributed by atoms with van der Waals surface area (Å²) in [6, 6.07) is 10.6. The molecule has 0 bridgehead atoms. The quantitative estimate of drug-likeness (QED) is 0.121. The smallest absolute Gasteiger partial charge is 0.343 e. The molecule has 196 valence electrons. The number of carbonyl (C=O) groups is 3. The predicted octanol–water partition coefficient (Wildman–Crippen LogP) is 6.00. The molecule has 2 aromatic carbocycles. The number of methoxy groups -OCH3 is 3. The molecule has 0 radical (unpaired) electrons. The second kappa shape index (κ2) is 14.9. The molecule has 0 amide bonds. The van der Waals surface area contributed by atoms with Crippen LogP contribution in [-0.4, -0.2) is 38.9 Å². The molecule has 2 aromatic rings. The second-order valence-electron chi connectivity index (χ2n) is 8.59. The Morgan fingerprint density at radius 1 is 0.750 bits per heavy atom. The Kier molecular flexibility index (Phi) is 12.0. The number of ether oxygens (including phenoxy) is 4. The van der Waals surface area contributed by atoms with Crippen LogP contribution < -0.4 is 18.9 Å². The highest BCUT2D eigenvalue weighted by Crippen LogP contribution is 2.38. The molecular formula is C29H38O7. The summed E-state index contributed by atoms with van der Waals surface area (Å²) in [5.74, 6) is 0.793. The van der Waals surface area contributed by atoms with Crippen LogP contribution in [0.3, 0.4) is 0 Å². The van der Waals surface area contributed by atoms with Crippen molar-refractivity contribution in [3.63, 3.8) is 0 Å². The molecule has 0 atom stereocenters. The van der Waals surface area contributed by atoms with Gasteiger partial charge in [0.15, 0.2) is 11.5 Å². The second-order valence-corrected chi connectivity index (χ2v) is 8.59. The molecule has 0 aliphatic carbocycles. The van der Waals surface area contributed by atoms with Crippen LogP contribution in [0.2, 0.25) is 0 Å². The Balaban J connectivity index is 1.83. The summed E-state index contributed by atoms with van der Waals surface area (Å²) in [6.07, 6.45) is 6.34. The van der Waals surface area contributed by atoms with E-state index in [9.17, 15) is 14.4 Å². The Morgan fingerprint density at radius 3 is 1.81 bits per heavy atom. The molecule has 7 nitrogen and oxygen atoms in total. The molecule has 0 aliphatic heterocycles. The van der Waals surface area contributed by atoms with E-state index in [0.29, 0.717) is 42.3 Å². The lowest BCUT2D eigenvalue weighted by Crippen LogP contribution is -2.22. The van der Waals surface area contributed by atoms with Crippen molar-refractivity contribution in [1.82, 2.24) is 0 Å². The maximum absolute atomic E-state index is 12.7. The van der Waals surface area contributed by atoms with Crippen molar-refractivity contribution in [1.29, 1.82) is 0 Å². The fourth-order valence-corrected chi connectivity index (χ4v) is 4.11. The molecule has 2 rings (SSSR count). The first-order valence-electron chi connectivity index (χ1n) is 12.5. The standard InChI is InChI=1S/C29H38O7/c1-6-24(30)23(25(31)7-2)13-11-9-8-10-12-20-14-16-22(17-15-20)36-29(32)21-18-26(33-3)28(35-5)27(19-21)34-4/h14-19,23H,6-13H2,1-5H3. The van der Waals surface area contributed by atoms with Gasteiger partial charge < -0.3 is 18.9 Å². The summed E-state index contributed by atoms with van der Waals surface area (Å²) < 4.78 is 21.4. The molecule has 0 saturated carbocycles. The number of unbranched alkanes of at least 4 members (excludes halogenated alkanes) is 3. The maximum atomic E-state index is 12.7. The average Bonchev–Trinajstić information content (AvgIpc) is 2.91. The van der Waals surface area contributed by atoms with Crippen molar-refractivity contribution >= 4 is 17.5 Å². The van der Waals surface area contributed by atoms with Crippen molar-refractivity contribution in [2.24, 2.45) is 5.92 Å². The van der Waals surface area contributed by atoms with Gasteiger partial charge in [0, 0.05) is 12.8 Å². The first-order chi connectivity index (χ1) is 17.4. The van der Waals surface area contributed by atoms with E-state index in [2.05, 4.69) is 0 Å². The molecular weight excluding hydrogens is 460 g/mol. The van der Waals surface area contributed by atoms with Crippen LogP contribution in [0.4, 0.5) is 0 Å². The zero-order valence-corrected chi connectivity index (χ0v) is 22.1. The molecule has 7 heteroatoms. The minimum absolute atomic E-state index is 0.0629. The molecule has 0 heterocycles. The van der Waals surface area contributed by atoms with Crippen LogP contribution in [0, 0.1) is 5.92 Å². The van der Waals surface area contributed by atoms with E-state index in [1.807, 2.05) is 26.0 Å². The van der Waals surface area contributed by atoms with Gasteiger partial charge in [-0.3, -0.25) is 9.59 Å². The predicted molar refractivity (Wildman–Crippen MR) is 138 cm³/mol. The summed E-state index contributed by atoms with van der Waals surface area (Å²) in [7, 11) is 4.48. The number of esters is 1. The Morgan fingerprint density at radius 2 is 1.31 bits per heavy atom. The number of aryl methyl sites for hydroxylation is 1. The van der Waals surface area contributed by atoms with Crippen molar-refractivity contribution in [3.05, 3.63) is 47.5 Å². The van der Waals surface area contributed by atoms with Gasteiger partial charge in [-0.2, -0.15) is 0 Å². The van der Waals surface area contributed by atoms with Crippen molar-refractivity contribution < 1.29 is 33.3 Å². The number of ketones is 2. The number of carbonyl (C=O) groups excluding carboxylic acids is 3. The zero-order valence-electron chi connectivity index (χ0n) is 22.1. The number of hydrogen-bond acceptors (Lipinski definition) is 7. The molecule has 0 fully saturated rings. The fourth-order valence-electron chi connectivity index (χ4n) is 4.11. The van der Waals surface area contributed by atoms with Gasteiger partial charge in [-0.05, 0) is 49.1 Å². The topological polar surface area (TPSA) is 88.1 Å². The first-order valence-corrected chi connectivity index (χ1v) is 12.5. The summed E-state index contributed by atoms with van der Waals surface area (Å²) in [5, 5.41) is 0. The maximum Gasteiger partial charge on any atom is 0.343 e. The van der Waals surface area contributed by atoms with Crippen molar-refractivity contribution in [3.8, 4) is 23.0 Å². The van der Waals surface area contributed by atoms with Gasteiger partial charge in [0.2, 0.25) is 5.75 Å². The van der Waals surface area contributed by atoms with E-state index in [1.165, 1.54) is 21.3 Å². The summed E-state index contributed by atoms with van der Waals surface area (Å²) in [5.41, 5.74) is 1.44. The Bertz CT molecular complexity index is 970. The van der Waals surface area contributed by atoms with Crippen LogP contribution in [0.15, 0.2) is 36.4 Å². The van der Waals surface area contributed by atoms with Crippen LogP contribution in [0.5, 0.6) is 23.0 Å². The molecule has 0 unspecified atom stereocenters. The molecule has 0 saturated heterocycles. The van der Waals surface area contributed by atoms with Crippen molar-refractivity contribution in [2.45, 2.75) is 65.2 Å². The third-order valence-electron chi connectivity index (χ3n) is 6.22. The van der Waals surface area contributed by atoms with Gasteiger partial charge in [0.1, 0.15) is 17.3 Å². The number of rotatable bonds is 16. The van der Waals surface area contributed by atoms with Gasteiger partial charge in [-0.25, -0.2) is 4.79 Å². The Hall–Kier alpha value is -3.35. The third kappa shape index (κ3) is 8.11. The highest BCUT2D eigenvalue weighted by molar-refractivity contribution is 6.02. The molecule has 0 aliphatic rings. The highest BCUT2D eigenvalue weighted by Gasteiger charge is 2.22. The Labute approximate surface area is 214 Å². The normalized spacial score (nSPS) is 10.7. The summed E-state index contributed by atoms with van der Waals surface area (Å²) in [6.45, 7) is 3.63. The summed E-state index contributed by atoms with van der Waals surface area (Å²) in [4.78, 5) is 36.7. The highest BCUT2D eigenvalue weighted by atomic mass is 16.5. The SMILES string of the molecule is CCC(=O)C(CCCCCCc1ccc(OC(=O)c2cc(OC)c(OC)c(OC)c2)cc1)C(=O)CC. The summed E-state index contributed by atoms with van der Waals surface area (Å²) >= 11 is 0. The van der Waals surface area contributed by atoms with Crippen LogP contribution in [0.1, 0.15) is 74.7 Å². The van der Waals surface area contributed by atoms with E-state index in [-0.39, 0.29) is 17.1 Å². The molecule has 36 heavy (non-hydrogen) atoms. The minimum Gasteiger partial charge on any atom is -0.493 e. The third-order valence-corrected chi connectivity index (χ3v) is 6.22. The van der Waals surface area contributed by atoms with E-state index in [4.69, 9.17) is 18.9 Å². The van der Waals surface area contributed by atoms with E-state index in [1.54, 1.807) is 24.3 Å². The van der Waals surface area contributed by atoms with Crippen LogP contribution in [0.25, 0.3) is 0 Å². The number of hydrogen-bond donors (Lipinski definition) is 0. The van der Waals surface area contributed by atoms with E-state index in [0.717, 1.165) is 37.7 Å². The molecule has 0 spiro atoms. The van der Waals surface area contributed by atoms with E-state index >= 15 is 0 Å². The van der Waals surface area contributed by atoms with Gasteiger partial charge in [0.25, 0.3) is 0 Å². The lowest BCUT2D eigenvalue weighted by molar-refractivity contribution is -0.132. The minimum atomic E-state index is -0.525. The fraction of sp³-hybridized carbons (Fsp3) is 0.483. The molecule has 0 aromatic heterocycles. The van der Waals surface area contributed by atoms with Gasteiger partial charge in [0.05, 0.1) is 32.8 Å². The van der Waals surface area contributed by atoms with Gasteiger partial charge in [-0.1, -0.05) is 45.2 Å². The number of benzene rings is 2. The van der Waals surface area contributed by atoms with Gasteiger partial charge in [-0.15, -0.1) is 0 Å². The first kappa shape index (κ1) is 28.9. The van der Waals surface area contributed by atoms with Gasteiger partial charge >= 0.3 is 5.97 Å². The van der Waals surface area contributed by atoms with Crippen LogP contribution in [-0.2, 0) is 16.0 Å². The lowest BCUT2D eigenvalue weighted by Gasteiger charge is -2.14. The lowest BCUT2D eigenvalue weighted by atomic mass is 9.90. The monoisotopic (exact) mass is 498 g/mol. The number of Topliss-reactive ketones (excluding diaryl/α,β-unsaturated/α-hetero) is 2. The van der Waals surface area contributed by atoms with E-state index < -0.39 is 11.9 Å². The largest absolute Gasteiger partial charge is 0.493 e.